The number of hydrogen-bond acceptors (Lipinski definition) is 2. The molecule has 2 aromatic carbocycles. The van der Waals surface area contributed by atoms with Crippen LogP contribution in [0.4, 0.5) is 4.39 Å². The first-order valence-corrected chi connectivity index (χ1v) is 6.95. The summed E-state index contributed by atoms with van der Waals surface area (Å²) in [5, 5.41) is 0. The van der Waals surface area contributed by atoms with Gasteiger partial charge in [-0.25, -0.2) is 9.82 Å². The number of nitrogens with one attached hydrogen (secondary N) is 1. The minimum Gasteiger partial charge on any atom is -0.271 e. The van der Waals surface area contributed by atoms with Gasteiger partial charge in [-0.05, 0) is 29.7 Å². The van der Waals surface area contributed by atoms with E-state index in [1.54, 1.807) is 6.07 Å². The molecule has 0 aliphatic heterocycles. The lowest BCUT2D eigenvalue weighted by molar-refractivity contribution is 0.559. The molecule has 0 saturated heterocycles. The molecule has 2 nitrogen and oxygen atoms in total. The maximum atomic E-state index is 14.0. The van der Waals surface area contributed by atoms with E-state index in [4.69, 9.17) is 5.84 Å². The third-order valence-corrected chi connectivity index (χ3v) is 3.65. The molecule has 0 aliphatic carbocycles. The van der Waals surface area contributed by atoms with Crippen LogP contribution in [0.25, 0.3) is 0 Å². The molecule has 4 heteroatoms. The summed E-state index contributed by atoms with van der Waals surface area (Å²) in [5.41, 5.74) is 5.41. The monoisotopic (exact) mass is 322 g/mol. The van der Waals surface area contributed by atoms with E-state index in [0.717, 1.165) is 12.0 Å². The first-order chi connectivity index (χ1) is 9.15. The fourth-order valence-corrected chi connectivity index (χ4v) is 2.38. The normalized spacial score (nSPS) is 12.4. The molecule has 0 aliphatic rings. The van der Waals surface area contributed by atoms with Crippen LogP contribution >= 0.6 is 15.9 Å². The lowest BCUT2D eigenvalue weighted by Crippen LogP contribution is -2.29. The van der Waals surface area contributed by atoms with Crippen molar-refractivity contribution in [2.75, 3.05) is 0 Å². The van der Waals surface area contributed by atoms with Crippen LogP contribution < -0.4 is 11.3 Å². The fraction of sp³-hybridized carbons (Fsp3) is 0.200. The molecular formula is C15H16BrFN2. The molecule has 100 valence electrons. The van der Waals surface area contributed by atoms with Crippen molar-refractivity contribution in [1.82, 2.24) is 5.43 Å². The standard InChI is InChI=1S/C15H16BrFN2/c1-2-10-3-5-11(6-4-10)15(19-18)13-8-7-12(16)9-14(13)17/h3-9,15,19H,2,18H2,1H3. The second-order valence-electron chi connectivity index (χ2n) is 4.36. The minimum absolute atomic E-state index is 0.281. The van der Waals surface area contributed by atoms with E-state index in [1.807, 2.05) is 30.3 Å². The van der Waals surface area contributed by atoms with Crippen molar-refractivity contribution >= 4 is 15.9 Å². The Morgan fingerprint density at radius 2 is 1.89 bits per heavy atom. The highest BCUT2D eigenvalue weighted by Gasteiger charge is 2.16. The Morgan fingerprint density at radius 3 is 2.42 bits per heavy atom. The molecule has 0 radical (unpaired) electrons. The van der Waals surface area contributed by atoms with Crippen molar-refractivity contribution in [3.05, 3.63) is 69.4 Å². The quantitative estimate of drug-likeness (QED) is 0.665. The summed E-state index contributed by atoms with van der Waals surface area (Å²) >= 11 is 3.25. The third kappa shape index (κ3) is 3.21. The summed E-state index contributed by atoms with van der Waals surface area (Å²) in [4.78, 5) is 0. The fourth-order valence-electron chi connectivity index (χ4n) is 2.05. The molecule has 3 N–H and O–H groups in total. The van der Waals surface area contributed by atoms with Gasteiger partial charge in [0, 0.05) is 10.0 Å². The predicted octanol–water partition coefficient (Wildman–Crippen LogP) is 3.70. The second kappa shape index (κ2) is 6.28. The number of nitrogens with two attached hydrogens (primary N) is 1. The number of aryl methyl sites for hydroxylation is 1. The van der Waals surface area contributed by atoms with Crippen molar-refractivity contribution in [2.24, 2.45) is 5.84 Å². The molecular weight excluding hydrogens is 307 g/mol. The SMILES string of the molecule is CCc1ccc(C(NN)c2ccc(Br)cc2F)cc1. The topological polar surface area (TPSA) is 38.0 Å². The second-order valence-corrected chi connectivity index (χ2v) is 5.28. The van der Waals surface area contributed by atoms with E-state index >= 15 is 0 Å². The smallest absolute Gasteiger partial charge is 0.129 e. The largest absolute Gasteiger partial charge is 0.271 e. The van der Waals surface area contributed by atoms with E-state index in [1.165, 1.54) is 11.6 Å². The van der Waals surface area contributed by atoms with Gasteiger partial charge in [0.25, 0.3) is 0 Å². The van der Waals surface area contributed by atoms with E-state index in [-0.39, 0.29) is 11.9 Å². The van der Waals surface area contributed by atoms with Gasteiger partial charge < -0.3 is 0 Å². The summed E-state index contributed by atoms with van der Waals surface area (Å²) in [7, 11) is 0. The number of hydrogen-bond donors (Lipinski definition) is 2. The van der Waals surface area contributed by atoms with E-state index in [2.05, 4.69) is 28.3 Å². The van der Waals surface area contributed by atoms with E-state index in [0.29, 0.717) is 10.0 Å². The molecule has 0 heterocycles. The highest BCUT2D eigenvalue weighted by atomic mass is 79.9. The Bertz CT molecular complexity index is 555. The lowest BCUT2D eigenvalue weighted by Gasteiger charge is -2.18. The Balaban J connectivity index is 2.37. The van der Waals surface area contributed by atoms with Gasteiger partial charge >= 0.3 is 0 Å². The van der Waals surface area contributed by atoms with Gasteiger partial charge in [0.2, 0.25) is 0 Å². The van der Waals surface area contributed by atoms with Gasteiger partial charge in [-0.15, -0.1) is 0 Å². The van der Waals surface area contributed by atoms with Gasteiger partial charge in [0.05, 0.1) is 6.04 Å². The highest BCUT2D eigenvalue weighted by Crippen LogP contribution is 2.26. The Morgan fingerprint density at radius 1 is 1.21 bits per heavy atom. The molecule has 0 saturated carbocycles. The van der Waals surface area contributed by atoms with Crippen molar-refractivity contribution in [3.63, 3.8) is 0 Å². The first kappa shape index (κ1) is 14.2. The minimum atomic E-state index is -0.348. The van der Waals surface area contributed by atoms with E-state index < -0.39 is 0 Å². The summed E-state index contributed by atoms with van der Waals surface area (Å²) < 4.78 is 14.7. The van der Waals surface area contributed by atoms with Crippen LogP contribution in [0.5, 0.6) is 0 Å². The number of rotatable bonds is 4. The summed E-state index contributed by atoms with van der Waals surface area (Å²) in [5.74, 6) is 5.31. The van der Waals surface area contributed by atoms with Crippen LogP contribution in [-0.2, 0) is 6.42 Å². The van der Waals surface area contributed by atoms with Gasteiger partial charge in [-0.1, -0.05) is 53.2 Å². The average molecular weight is 323 g/mol. The first-order valence-electron chi connectivity index (χ1n) is 6.15. The molecule has 0 amide bonds. The lowest BCUT2D eigenvalue weighted by atomic mass is 9.97. The van der Waals surface area contributed by atoms with Crippen LogP contribution in [0, 0.1) is 5.82 Å². The Hall–Kier alpha value is -1.23. The molecule has 2 rings (SSSR count). The third-order valence-electron chi connectivity index (χ3n) is 3.16. The zero-order valence-corrected chi connectivity index (χ0v) is 12.2. The molecule has 1 unspecified atom stereocenters. The Labute approximate surface area is 120 Å². The molecule has 0 aromatic heterocycles. The molecule has 1 atom stereocenters. The van der Waals surface area contributed by atoms with Crippen LogP contribution in [-0.4, -0.2) is 0 Å². The maximum absolute atomic E-state index is 14.0. The predicted molar refractivity (Wildman–Crippen MR) is 79.1 cm³/mol. The van der Waals surface area contributed by atoms with Crippen LogP contribution in [0.2, 0.25) is 0 Å². The van der Waals surface area contributed by atoms with Crippen molar-refractivity contribution < 1.29 is 4.39 Å². The number of benzene rings is 2. The number of halogens is 2. The zero-order valence-electron chi connectivity index (χ0n) is 10.7. The maximum Gasteiger partial charge on any atom is 0.129 e. The van der Waals surface area contributed by atoms with Crippen LogP contribution in [0.15, 0.2) is 46.9 Å². The van der Waals surface area contributed by atoms with Crippen molar-refractivity contribution in [2.45, 2.75) is 19.4 Å². The van der Waals surface area contributed by atoms with Gasteiger partial charge in [-0.2, -0.15) is 0 Å². The van der Waals surface area contributed by atoms with Gasteiger partial charge in [0.15, 0.2) is 0 Å². The Kier molecular flexibility index (Phi) is 4.69. The van der Waals surface area contributed by atoms with Gasteiger partial charge in [-0.3, -0.25) is 5.84 Å². The van der Waals surface area contributed by atoms with Crippen molar-refractivity contribution in [3.8, 4) is 0 Å². The van der Waals surface area contributed by atoms with Crippen molar-refractivity contribution in [1.29, 1.82) is 0 Å². The average Bonchev–Trinajstić information content (AvgIpc) is 2.42. The molecule has 0 bridgehead atoms. The molecule has 0 spiro atoms. The summed E-state index contributed by atoms with van der Waals surface area (Å²) in [6, 6.07) is 12.7. The van der Waals surface area contributed by atoms with E-state index in [9.17, 15) is 4.39 Å². The van der Waals surface area contributed by atoms with Crippen LogP contribution in [0.3, 0.4) is 0 Å². The summed E-state index contributed by atoms with van der Waals surface area (Å²) in [6.07, 6.45) is 0.980. The summed E-state index contributed by atoms with van der Waals surface area (Å²) in [6.45, 7) is 2.10. The molecule has 0 fully saturated rings. The van der Waals surface area contributed by atoms with Gasteiger partial charge in [0.1, 0.15) is 5.82 Å². The zero-order chi connectivity index (χ0) is 13.8. The highest BCUT2D eigenvalue weighted by molar-refractivity contribution is 9.10. The number of hydrazine groups is 1. The molecule has 2 aromatic rings. The molecule has 19 heavy (non-hydrogen) atoms. The van der Waals surface area contributed by atoms with Crippen LogP contribution in [0.1, 0.15) is 29.7 Å².